The van der Waals surface area contributed by atoms with E-state index < -0.39 is 16.7 Å². The highest BCUT2D eigenvalue weighted by molar-refractivity contribution is 7.15. The third kappa shape index (κ3) is 5.20. The van der Waals surface area contributed by atoms with Gasteiger partial charge in [-0.05, 0) is 29.8 Å². The number of rotatable bonds is 6. The number of hydrogen-bond donors (Lipinski definition) is 1. The average Bonchev–Trinajstić information content (AvgIpc) is 3.32. The number of nitriles is 1. The van der Waals surface area contributed by atoms with E-state index in [0.717, 1.165) is 22.6 Å². The highest BCUT2D eigenvalue weighted by Crippen LogP contribution is 2.27. The Bertz CT molecular complexity index is 1160. The van der Waals surface area contributed by atoms with Crippen LogP contribution < -0.4 is 5.32 Å². The molecule has 146 valence electrons. The smallest absolute Gasteiger partial charge is 0.401 e. The van der Waals surface area contributed by atoms with E-state index in [2.05, 4.69) is 10.3 Å². The van der Waals surface area contributed by atoms with Gasteiger partial charge in [-0.2, -0.15) is 5.26 Å². The third-order valence-corrected chi connectivity index (χ3v) is 5.11. The van der Waals surface area contributed by atoms with E-state index in [1.165, 1.54) is 17.4 Å². The Morgan fingerprint density at radius 2 is 2.17 bits per heavy atom. The molecule has 0 fully saturated rings. The van der Waals surface area contributed by atoms with Gasteiger partial charge in [-0.25, -0.2) is 4.98 Å². The summed E-state index contributed by atoms with van der Waals surface area (Å²) >= 11 is 13.4. The van der Waals surface area contributed by atoms with E-state index in [-0.39, 0.29) is 16.5 Å². The number of anilines is 1. The number of amides is 1. The fourth-order valence-electron chi connectivity index (χ4n) is 2.29. The highest BCUT2D eigenvalue weighted by Gasteiger charge is 2.16. The molecule has 0 saturated heterocycles. The van der Waals surface area contributed by atoms with Crippen LogP contribution in [0.1, 0.15) is 16.2 Å². The summed E-state index contributed by atoms with van der Waals surface area (Å²) < 4.78 is 4.93. The second-order valence-electron chi connectivity index (χ2n) is 5.60. The number of halogens is 2. The Hall–Kier alpha value is -3.19. The number of furan rings is 1. The fraction of sp³-hybridized carbons (Fsp3) is 0.0556. The minimum atomic E-state index is -0.716. The monoisotopic (exact) mass is 448 g/mol. The molecule has 0 atom stereocenters. The van der Waals surface area contributed by atoms with Crippen molar-refractivity contribution in [1.29, 1.82) is 5.26 Å². The zero-order valence-corrected chi connectivity index (χ0v) is 16.7. The van der Waals surface area contributed by atoms with E-state index in [1.54, 1.807) is 30.5 Å². The van der Waals surface area contributed by atoms with E-state index in [4.69, 9.17) is 27.6 Å². The van der Waals surface area contributed by atoms with Crippen molar-refractivity contribution >= 4 is 57.5 Å². The van der Waals surface area contributed by atoms with Crippen molar-refractivity contribution in [3.63, 3.8) is 0 Å². The van der Waals surface area contributed by atoms with Gasteiger partial charge in [-0.1, -0.05) is 23.2 Å². The largest absolute Gasteiger partial charge is 0.433 e. The third-order valence-electron chi connectivity index (χ3n) is 3.59. The van der Waals surface area contributed by atoms with Crippen LogP contribution >= 0.6 is 34.5 Å². The molecule has 1 aromatic carbocycles. The summed E-state index contributed by atoms with van der Waals surface area (Å²) in [6.45, 7) is 0. The number of carbonyl (C=O) groups excluding carboxylic acids is 1. The van der Waals surface area contributed by atoms with Crippen LogP contribution in [0, 0.1) is 21.4 Å². The summed E-state index contributed by atoms with van der Waals surface area (Å²) in [5.41, 5.74) is 0.529. The molecule has 0 aliphatic carbocycles. The molecule has 11 heteroatoms. The van der Waals surface area contributed by atoms with Crippen LogP contribution in [-0.4, -0.2) is 15.8 Å². The van der Waals surface area contributed by atoms with Crippen molar-refractivity contribution in [3.8, 4) is 6.07 Å². The van der Waals surface area contributed by atoms with Crippen molar-refractivity contribution in [3.05, 3.63) is 78.5 Å². The Labute approximate surface area is 178 Å². The maximum atomic E-state index is 12.3. The molecule has 2 aromatic heterocycles. The van der Waals surface area contributed by atoms with E-state index in [9.17, 15) is 20.2 Å². The first kappa shape index (κ1) is 20.5. The van der Waals surface area contributed by atoms with Gasteiger partial charge in [0.05, 0.1) is 6.07 Å². The van der Waals surface area contributed by atoms with Gasteiger partial charge in [0, 0.05) is 33.6 Å². The van der Waals surface area contributed by atoms with Gasteiger partial charge >= 0.3 is 5.88 Å². The van der Waals surface area contributed by atoms with Crippen LogP contribution in [0.4, 0.5) is 11.0 Å². The van der Waals surface area contributed by atoms with Crippen molar-refractivity contribution in [2.24, 2.45) is 0 Å². The van der Waals surface area contributed by atoms with Crippen LogP contribution in [0.5, 0.6) is 0 Å². The summed E-state index contributed by atoms with van der Waals surface area (Å²) in [6.07, 6.45) is 3.18. The van der Waals surface area contributed by atoms with Crippen LogP contribution in [0.25, 0.3) is 6.08 Å². The summed E-state index contributed by atoms with van der Waals surface area (Å²) in [7, 11) is 0. The molecule has 1 amide bonds. The molecule has 0 radical (unpaired) electrons. The predicted molar refractivity (Wildman–Crippen MR) is 109 cm³/mol. The quantitative estimate of drug-likeness (QED) is 0.242. The molecule has 0 unspecified atom stereocenters. The van der Waals surface area contributed by atoms with E-state index >= 15 is 0 Å². The molecule has 29 heavy (non-hydrogen) atoms. The first-order chi connectivity index (χ1) is 13.9. The van der Waals surface area contributed by atoms with Crippen molar-refractivity contribution in [2.45, 2.75) is 6.42 Å². The van der Waals surface area contributed by atoms with Crippen LogP contribution in [0.15, 0.2) is 46.5 Å². The topological polar surface area (TPSA) is 122 Å². The first-order valence-electron chi connectivity index (χ1n) is 7.91. The molecule has 0 aliphatic rings. The van der Waals surface area contributed by atoms with Gasteiger partial charge in [0.2, 0.25) is 0 Å². The molecule has 3 aromatic rings. The molecule has 1 N–H and O–H groups in total. The Kier molecular flexibility index (Phi) is 6.29. The number of nitrogens with zero attached hydrogens (tertiary/aromatic N) is 3. The lowest BCUT2D eigenvalue weighted by atomic mass is 10.1. The fourth-order valence-corrected chi connectivity index (χ4v) is 3.50. The highest BCUT2D eigenvalue weighted by atomic mass is 35.5. The molecule has 0 bridgehead atoms. The predicted octanol–water partition coefficient (Wildman–Crippen LogP) is 5.09. The summed E-state index contributed by atoms with van der Waals surface area (Å²) in [5.74, 6) is -1.19. The molecule has 0 spiro atoms. The number of nitro groups is 1. The van der Waals surface area contributed by atoms with Gasteiger partial charge in [-0.15, -0.1) is 11.3 Å². The van der Waals surface area contributed by atoms with Crippen LogP contribution in [0.2, 0.25) is 10.0 Å². The molecule has 3 rings (SSSR count). The van der Waals surface area contributed by atoms with Crippen LogP contribution in [-0.2, 0) is 11.2 Å². The number of aromatic nitrogens is 1. The first-order valence-corrected chi connectivity index (χ1v) is 9.49. The minimum absolute atomic E-state index is 0.0128. The minimum Gasteiger partial charge on any atom is -0.401 e. The second kappa shape index (κ2) is 8.87. The number of nitrogens with one attached hydrogen (secondary N) is 1. The van der Waals surface area contributed by atoms with E-state index in [1.807, 2.05) is 0 Å². The second-order valence-corrected chi connectivity index (χ2v) is 7.56. The number of thiazole rings is 1. The molecule has 0 aliphatic heterocycles. The lowest BCUT2D eigenvalue weighted by Crippen LogP contribution is -2.13. The van der Waals surface area contributed by atoms with Gasteiger partial charge in [0.1, 0.15) is 22.3 Å². The number of benzene rings is 1. The molecule has 2 heterocycles. The van der Waals surface area contributed by atoms with Gasteiger partial charge in [-0.3, -0.25) is 20.2 Å². The molecular weight excluding hydrogens is 439 g/mol. The zero-order valence-electron chi connectivity index (χ0n) is 14.4. The Balaban J connectivity index is 1.71. The van der Waals surface area contributed by atoms with Gasteiger partial charge < -0.3 is 4.42 Å². The summed E-state index contributed by atoms with van der Waals surface area (Å²) in [5, 5.41) is 23.8. The van der Waals surface area contributed by atoms with Crippen molar-refractivity contribution < 1.29 is 14.1 Å². The molecule has 8 nitrogen and oxygen atoms in total. The molecule has 0 saturated carbocycles. The maximum absolute atomic E-state index is 12.3. The Morgan fingerprint density at radius 1 is 1.38 bits per heavy atom. The van der Waals surface area contributed by atoms with Gasteiger partial charge in [0.15, 0.2) is 5.13 Å². The normalized spacial score (nSPS) is 11.1. The summed E-state index contributed by atoms with van der Waals surface area (Å²) in [6, 6.07) is 9.30. The Morgan fingerprint density at radius 3 is 2.86 bits per heavy atom. The standard InChI is InChI=1S/C18H10Cl2N4O4S/c19-12-1-3-15(20)10(5-12)7-14-9-22-18(29-14)23-17(25)11(8-21)6-13-2-4-16(28-13)24(26)27/h1-6,9H,7H2,(H,22,23,25)/b11-6+. The lowest BCUT2D eigenvalue weighted by molar-refractivity contribution is -0.402. The molecular formula is C18H10Cl2N4O4S. The van der Waals surface area contributed by atoms with Gasteiger partial charge in [0.25, 0.3) is 5.91 Å². The van der Waals surface area contributed by atoms with Crippen molar-refractivity contribution in [2.75, 3.05) is 5.32 Å². The van der Waals surface area contributed by atoms with Crippen LogP contribution in [0.3, 0.4) is 0 Å². The zero-order chi connectivity index (χ0) is 21.0. The maximum Gasteiger partial charge on any atom is 0.433 e. The van der Waals surface area contributed by atoms with Crippen molar-refractivity contribution in [1.82, 2.24) is 4.98 Å². The SMILES string of the molecule is N#C/C(=C\c1ccc([N+](=O)[O-])o1)C(=O)Nc1ncc(Cc2cc(Cl)ccc2Cl)s1. The number of carbonyl (C=O) groups is 1. The average molecular weight is 449 g/mol. The van der Waals surface area contributed by atoms with E-state index in [0.29, 0.717) is 16.5 Å². The summed E-state index contributed by atoms with van der Waals surface area (Å²) in [4.78, 5) is 27.2. The lowest BCUT2D eigenvalue weighted by Gasteiger charge is -2.02. The number of hydrogen-bond acceptors (Lipinski definition) is 7.